The fourth-order valence-corrected chi connectivity index (χ4v) is 2.51. The van der Waals surface area contributed by atoms with Crippen LogP contribution in [0, 0.1) is 10.1 Å². The Morgan fingerprint density at radius 3 is 2.55 bits per heavy atom. The molecule has 0 radical (unpaired) electrons. The standard InChI is InChI=1S/C19H21N3O7/c1-28-14-6-7-17(29-2)15(9-14)16(23)10-20-18(24)11-21-19(25)12-4-3-5-13(8-12)22(26)27/h3-9,16,23H,10-11H2,1-2H3,(H,20,24)(H,21,25). The van der Waals surface area contributed by atoms with E-state index in [9.17, 15) is 24.8 Å². The second-order valence-corrected chi connectivity index (χ2v) is 5.92. The maximum absolute atomic E-state index is 12.0. The molecule has 3 N–H and O–H groups in total. The maximum atomic E-state index is 12.0. The third-order valence-electron chi connectivity index (χ3n) is 4.02. The zero-order valence-corrected chi connectivity index (χ0v) is 15.9. The van der Waals surface area contributed by atoms with Crippen molar-refractivity contribution in [3.63, 3.8) is 0 Å². The number of amides is 2. The van der Waals surface area contributed by atoms with Crippen LogP contribution in [0.2, 0.25) is 0 Å². The van der Waals surface area contributed by atoms with E-state index in [1.165, 1.54) is 32.4 Å². The Kier molecular flexibility index (Phi) is 7.49. The number of hydrogen-bond acceptors (Lipinski definition) is 7. The van der Waals surface area contributed by atoms with Gasteiger partial charge < -0.3 is 25.2 Å². The summed E-state index contributed by atoms with van der Waals surface area (Å²) in [6, 6.07) is 10.1. The number of rotatable bonds is 9. The first kappa shape index (κ1) is 21.6. The van der Waals surface area contributed by atoms with E-state index in [-0.39, 0.29) is 24.3 Å². The first-order chi connectivity index (χ1) is 13.8. The number of benzene rings is 2. The average molecular weight is 403 g/mol. The van der Waals surface area contributed by atoms with Crippen molar-refractivity contribution in [3.05, 3.63) is 63.7 Å². The van der Waals surface area contributed by atoms with Crippen molar-refractivity contribution in [3.8, 4) is 11.5 Å². The van der Waals surface area contributed by atoms with Crippen LogP contribution in [-0.4, -0.2) is 49.2 Å². The van der Waals surface area contributed by atoms with Crippen molar-refractivity contribution in [2.24, 2.45) is 0 Å². The molecule has 0 aliphatic heterocycles. The van der Waals surface area contributed by atoms with Crippen LogP contribution in [0.1, 0.15) is 22.0 Å². The van der Waals surface area contributed by atoms with E-state index in [1.54, 1.807) is 18.2 Å². The molecule has 2 rings (SSSR count). The van der Waals surface area contributed by atoms with E-state index in [0.29, 0.717) is 17.1 Å². The van der Waals surface area contributed by atoms with Crippen molar-refractivity contribution in [2.75, 3.05) is 27.3 Å². The highest BCUT2D eigenvalue weighted by Crippen LogP contribution is 2.29. The molecule has 0 aromatic heterocycles. The van der Waals surface area contributed by atoms with Gasteiger partial charge in [0, 0.05) is 29.8 Å². The van der Waals surface area contributed by atoms with E-state index < -0.39 is 22.8 Å². The van der Waals surface area contributed by atoms with Gasteiger partial charge >= 0.3 is 0 Å². The molecule has 29 heavy (non-hydrogen) atoms. The fraction of sp³-hybridized carbons (Fsp3) is 0.263. The zero-order chi connectivity index (χ0) is 21.4. The van der Waals surface area contributed by atoms with Crippen LogP contribution in [-0.2, 0) is 4.79 Å². The number of nitrogens with one attached hydrogen (secondary N) is 2. The largest absolute Gasteiger partial charge is 0.497 e. The molecule has 1 atom stereocenters. The average Bonchev–Trinajstić information content (AvgIpc) is 2.75. The molecule has 0 saturated heterocycles. The van der Waals surface area contributed by atoms with Crippen molar-refractivity contribution in [2.45, 2.75) is 6.10 Å². The highest BCUT2D eigenvalue weighted by molar-refractivity contribution is 5.96. The number of nitrogens with zero attached hydrogens (tertiary/aromatic N) is 1. The minimum atomic E-state index is -1.06. The van der Waals surface area contributed by atoms with E-state index >= 15 is 0 Å². The van der Waals surface area contributed by atoms with Gasteiger partial charge in [0.15, 0.2) is 0 Å². The molecule has 0 bridgehead atoms. The van der Waals surface area contributed by atoms with Crippen LogP contribution in [0.5, 0.6) is 11.5 Å². The number of nitro benzene ring substituents is 1. The molecule has 2 aromatic rings. The summed E-state index contributed by atoms with van der Waals surface area (Å²) in [6.45, 7) is -0.474. The summed E-state index contributed by atoms with van der Waals surface area (Å²) in [4.78, 5) is 34.2. The van der Waals surface area contributed by atoms with Crippen molar-refractivity contribution in [1.82, 2.24) is 10.6 Å². The van der Waals surface area contributed by atoms with E-state index in [0.717, 1.165) is 6.07 Å². The number of nitro groups is 1. The number of hydrogen-bond donors (Lipinski definition) is 3. The molecule has 1 unspecified atom stereocenters. The predicted molar refractivity (Wildman–Crippen MR) is 103 cm³/mol. The van der Waals surface area contributed by atoms with Gasteiger partial charge in [-0.25, -0.2) is 0 Å². The summed E-state index contributed by atoms with van der Waals surface area (Å²) in [7, 11) is 2.95. The van der Waals surface area contributed by atoms with Gasteiger partial charge in [-0.15, -0.1) is 0 Å². The smallest absolute Gasteiger partial charge is 0.270 e. The molecule has 0 aliphatic rings. The first-order valence-electron chi connectivity index (χ1n) is 8.55. The number of carbonyl (C=O) groups is 2. The minimum Gasteiger partial charge on any atom is -0.497 e. The second kappa shape index (κ2) is 10.0. The van der Waals surface area contributed by atoms with Crippen molar-refractivity contribution >= 4 is 17.5 Å². The summed E-state index contributed by atoms with van der Waals surface area (Å²) in [5.74, 6) is -0.203. The molecular formula is C19H21N3O7. The number of non-ortho nitro benzene ring substituents is 1. The molecule has 2 amide bonds. The Hall–Kier alpha value is -3.66. The highest BCUT2D eigenvalue weighted by Gasteiger charge is 2.17. The Bertz CT molecular complexity index is 901. The van der Waals surface area contributed by atoms with Gasteiger partial charge in [0.1, 0.15) is 11.5 Å². The van der Waals surface area contributed by atoms with Crippen molar-refractivity contribution in [1.29, 1.82) is 0 Å². The lowest BCUT2D eigenvalue weighted by molar-refractivity contribution is -0.384. The quantitative estimate of drug-likeness (QED) is 0.422. The van der Waals surface area contributed by atoms with Crippen LogP contribution >= 0.6 is 0 Å². The van der Waals surface area contributed by atoms with Gasteiger partial charge in [0.2, 0.25) is 5.91 Å². The van der Waals surface area contributed by atoms with Crippen LogP contribution in [0.15, 0.2) is 42.5 Å². The topological polar surface area (TPSA) is 140 Å². The Balaban J connectivity index is 1.89. The lowest BCUT2D eigenvalue weighted by Crippen LogP contribution is -2.38. The third-order valence-corrected chi connectivity index (χ3v) is 4.02. The number of methoxy groups -OCH3 is 2. The van der Waals surface area contributed by atoms with E-state index in [1.807, 2.05) is 0 Å². The van der Waals surface area contributed by atoms with Crippen LogP contribution in [0.25, 0.3) is 0 Å². The van der Waals surface area contributed by atoms with Crippen molar-refractivity contribution < 1.29 is 29.1 Å². The molecule has 0 saturated carbocycles. The number of aliphatic hydroxyl groups excluding tert-OH is 1. The summed E-state index contributed by atoms with van der Waals surface area (Å²) in [5, 5.41) is 26.0. The van der Waals surface area contributed by atoms with Gasteiger partial charge in [-0.1, -0.05) is 6.07 Å². The Morgan fingerprint density at radius 2 is 1.90 bits per heavy atom. The second-order valence-electron chi connectivity index (χ2n) is 5.92. The molecular weight excluding hydrogens is 382 g/mol. The van der Waals surface area contributed by atoms with Gasteiger partial charge in [-0.2, -0.15) is 0 Å². The molecule has 0 fully saturated rings. The van der Waals surface area contributed by atoms with Crippen LogP contribution in [0.4, 0.5) is 5.69 Å². The SMILES string of the molecule is COc1ccc(OC)c(C(O)CNC(=O)CNC(=O)c2cccc([N+](=O)[O-])c2)c1. The first-order valence-corrected chi connectivity index (χ1v) is 8.55. The molecule has 0 heterocycles. The number of aliphatic hydroxyl groups is 1. The monoisotopic (exact) mass is 403 g/mol. The minimum absolute atomic E-state index is 0.0631. The summed E-state index contributed by atoms with van der Waals surface area (Å²) in [6.07, 6.45) is -1.06. The van der Waals surface area contributed by atoms with E-state index in [2.05, 4.69) is 10.6 Å². The lowest BCUT2D eigenvalue weighted by Gasteiger charge is -2.16. The highest BCUT2D eigenvalue weighted by atomic mass is 16.6. The van der Waals surface area contributed by atoms with Gasteiger partial charge in [-0.3, -0.25) is 19.7 Å². The predicted octanol–water partition coefficient (Wildman–Crippen LogP) is 1.19. The summed E-state index contributed by atoms with van der Waals surface area (Å²) < 4.78 is 10.3. The Morgan fingerprint density at radius 1 is 1.14 bits per heavy atom. The molecule has 10 heteroatoms. The summed E-state index contributed by atoms with van der Waals surface area (Å²) >= 11 is 0. The lowest BCUT2D eigenvalue weighted by atomic mass is 10.1. The molecule has 2 aromatic carbocycles. The maximum Gasteiger partial charge on any atom is 0.270 e. The fourth-order valence-electron chi connectivity index (χ4n) is 2.51. The molecule has 0 aliphatic carbocycles. The molecule has 0 spiro atoms. The normalized spacial score (nSPS) is 11.3. The van der Waals surface area contributed by atoms with Gasteiger partial charge in [0.25, 0.3) is 11.6 Å². The van der Waals surface area contributed by atoms with E-state index in [4.69, 9.17) is 9.47 Å². The van der Waals surface area contributed by atoms with Gasteiger partial charge in [0.05, 0.1) is 31.8 Å². The Labute approximate surface area is 166 Å². The number of carbonyl (C=O) groups excluding carboxylic acids is 2. The number of ether oxygens (including phenoxy) is 2. The van der Waals surface area contributed by atoms with Crippen LogP contribution in [0.3, 0.4) is 0 Å². The van der Waals surface area contributed by atoms with Gasteiger partial charge in [-0.05, 0) is 24.3 Å². The van der Waals surface area contributed by atoms with Crippen LogP contribution < -0.4 is 20.1 Å². The zero-order valence-electron chi connectivity index (χ0n) is 15.9. The molecule has 10 nitrogen and oxygen atoms in total. The third kappa shape index (κ3) is 5.91. The summed E-state index contributed by atoms with van der Waals surface area (Å²) in [5.41, 5.74) is 0.276. The molecule has 154 valence electrons.